The van der Waals surface area contributed by atoms with Crippen LogP contribution in [0.1, 0.15) is 29.9 Å². The van der Waals surface area contributed by atoms with Crippen molar-refractivity contribution in [2.75, 3.05) is 32.6 Å². The quantitative estimate of drug-likeness (QED) is 0.551. The van der Waals surface area contributed by atoms with Crippen LogP contribution in [-0.2, 0) is 20.9 Å². The lowest BCUT2D eigenvalue weighted by molar-refractivity contribution is -0.142. The number of amides is 2. The van der Waals surface area contributed by atoms with Gasteiger partial charge in [-0.05, 0) is 50.3 Å². The summed E-state index contributed by atoms with van der Waals surface area (Å²) >= 11 is 0. The van der Waals surface area contributed by atoms with Gasteiger partial charge in [0.2, 0.25) is 11.8 Å². The van der Waals surface area contributed by atoms with Crippen LogP contribution in [-0.4, -0.2) is 72.4 Å². The van der Waals surface area contributed by atoms with E-state index >= 15 is 0 Å². The van der Waals surface area contributed by atoms with E-state index in [1.807, 2.05) is 44.4 Å². The van der Waals surface area contributed by atoms with Crippen molar-refractivity contribution in [2.45, 2.75) is 43.6 Å². The lowest BCUT2D eigenvalue weighted by Crippen LogP contribution is -2.47. The number of anilines is 1. The number of aliphatic hydroxyl groups excluding tert-OH is 1. The molecule has 2 aliphatic heterocycles. The number of ether oxygens (including phenoxy) is 2. The average molecular weight is 455 g/mol. The first-order chi connectivity index (χ1) is 15.9. The predicted molar refractivity (Wildman–Crippen MR) is 122 cm³/mol. The molecule has 1 fully saturated rings. The van der Waals surface area contributed by atoms with Crippen LogP contribution in [0.5, 0.6) is 5.75 Å². The molecule has 3 N–H and O–H groups in total. The summed E-state index contributed by atoms with van der Waals surface area (Å²) in [5, 5.41) is 15.7. The van der Waals surface area contributed by atoms with E-state index in [9.17, 15) is 14.7 Å². The molecule has 2 aromatic rings. The normalized spacial score (nSPS) is 23.4. The molecule has 1 saturated heterocycles. The molecule has 3 heterocycles. The number of hydrogen-bond acceptors (Lipinski definition) is 7. The van der Waals surface area contributed by atoms with E-state index in [1.165, 1.54) is 0 Å². The zero-order valence-electron chi connectivity index (χ0n) is 18.9. The Balaban J connectivity index is 1.42. The number of aromatic nitrogens is 1. The number of fused-ring (bicyclic) bond motifs is 3. The van der Waals surface area contributed by atoms with E-state index < -0.39 is 6.10 Å². The fourth-order valence-corrected chi connectivity index (χ4v) is 4.44. The first kappa shape index (κ1) is 23.2. The highest BCUT2D eigenvalue weighted by molar-refractivity contribution is 5.92. The van der Waals surface area contributed by atoms with Crippen molar-refractivity contribution in [1.82, 2.24) is 15.2 Å². The molecule has 176 valence electrons. The molecular formula is C24H30N4O5. The van der Waals surface area contributed by atoms with Crippen LogP contribution in [0.15, 0.2) is 42.7 Å². The summed E-state index contributed by atoms with van der Waals surface area (Å²) in [4.78, 5) is 30.5. The van der Waals surface area contributed by atoms with Gasteiger partial charge in [-0.2, -0.15) is 0 Å². The Labute approximate surface area is 193 Å². The first-order valence-corrected chi connectivity index (χ1v) is 11.1. The van der Waals surface area contributed by atoms with Gasteiger partial charge in [0.25, 0.3) is 0 Å². The molecule has 9 nitrogen and oxygen atoms in total. The maximum atomic E-state index is 12.5. The number of carbonyl (C=O) groups is 2. The van der Waals surface area contributed by atoms with Crippen molar-refractivity contribution in [1.29, 1.82) is 0 Å². The molecule has 9 heteroatoms. The lowest BCUT2D eigenvalue weighted by Gasteiger charge is -2.37. The topological polar surface area (TPSA) is 113 Å². The van der Waals surface area contributed by atoms with Gasteiger partial charge in [-0.3, -0.25) is 14.6 Å². The Morgan fingerprint density at radius 3 is 2.82 bits per heavy atom. The summed E-state index contributed by atoms with van der Waals surface area (Å²) in [6.07, 6.45) is 2.97. The van der Waals surface area contributed by atoms with Gasteiger partial charge in [0.15, 0.2) is 0 Å². The lowest BCUT2D eigenvalue weighted by atomic mass is 9.84. The van der Waals surface area contributed by atoms with Gasteiger partial charge >= 0.3 is 0 Å². The van der Waals surface area contributed by atoms with Crippen LogP contribution in [0.2, 0.25) is 0 Å². The molecule has 1 aromatic heterocycles. The summed E-state index contributed by atoms with van der Waals surface area (Å²) in [5.74, 6) is 0.466. The Morgan fingerprint density at radius 2 is 2.09 bits per heavy atom. The summed E-state index contributed by atoms with van der Waals surface area (Å²) in [6.45, 7) is 0.489. The van der Waals surface area contributed by atoms with Gasteiger partial charge in [0, 0.05) is 36.1 Å². The van der Waals surface area contributed by atoms with E-state index in [-0.39, 0.29) is 49.5 Å². The van der Waals surface area contributed by atoms with E-state index in [2.05, 4.69) is 15.6 Å². The first-order valence-electron chi connectivity index (χ1n) is 11.1. The van der Waals surface area contributed by atoms with E-state index in [0.717, 1.165) is 16.9 Å². The second-order valence-corrected chi connectivity index (χ2v) is 8.78. The van der Waals surface area contributed by atoms with Crippen LogP contribution in [0.25, 0.3) is 0 Å². The predicted octanol–water partition coefficient (Wildman–Crippen LogP) is 1.28. The summed E-state index contributed by atoms with van der Waals surface area (Å²) in [6, 6.07) is 9.29. The maximum Gasteiger partial charge on any atom is 0.238 e. The molecule has 33 heavy (non-hydrogen) atoms. The molecule has 0 unspecified atom stereocenters. The van der Waals surface area contributed by atoms with Crippen molar-refractivity contribution in [3.05, 3.63) is 53.9 Å². The van der Waals surface area contributed by atoms with Crippen molar-refractivity contribution < 1.29 is 24.2 Å². The summed E-state index contributed by atoms with van der Waals surface area (Å²) < 4.78 is 12.1. The van der Waals surface area contributed by atoms with Crippen molar-refractivity contribution in [2.24, 2.45) is 0 Å². The molecule has 0 aliphatic carbocycles. The monoisotopic (exact) mass is 454 g/mol. The minimum atomic E-state index is -0.529. The fourth-order valence-electron chi connectivity index (χ4n) is 4.44. The zero-order chi connectivity index (χ0) is 23.4. The zero-order valence-corrected chi connectivity index (χ0v) is 18.9. The Hall–Kier alpha value is -3.01. The molecule has 2 amide bonds. The van der Waals surface area contributed by atoms with Crippen molar-refractivity contribution in [3.8, 4) is 5.75 Å². The summed E-state index contributed by atoms with van der Waals surface area (Å²) in [5.41, 5.74) is 2.58. The third-order valence-electron chi connectivity index (χ3n) is 5.87. The molecule has 2 aliphatic rings. The number of nitrogens with one attached hydrogen (secondary N) is 2. The van der Waals surface area contributed by atoms with E-state index in [1.54, 1.807) is 17.3 Å². The SMILES string of the molecule is CN(C)CC(=O)Nc1ccc2c(c1)[C@H]1C[C@H](CC(=O)NCc3cccnc3)O[C@H](CO)[C@H]1O2. The second-order valence-electron chi connectivity index (χ2n) is 8.78. The number of pyridine rings is 1. The van der Waals surface area contributed by atoms with Gasteiger partial charge in [-0.15, -0.1) is 0 Å². The number of nitrogens with zero attached hydrogens (tertiary/aromatic N) is 2. The molecule has 0 radical (unpaired) electrons. The third-order valence-corrected chi connectivity index (χ3v) is 5.87. The maximum absolute atomic E-state index is 12.5. The largest absolute Gasteiger partial charge is 0.487 e. The van der Waals surface area contributed by atoms with Gasteiger partial charge in [-0.1, -0.05) is 6.07 Å². The second kappa shape index (κ2) is 10.3. The van der Waals surface area contributed by atoms with Crippen molar-refractivity contribution in [3.63, 3.8) is 0 Å². The van der Waals surface area contributed by atoms with Crippen LogP contribution >= 0.6 is 0 Å². The highest BCUT2D eigenvalue weighted by atomic mass is 16.6. The summed E-state index contributed by atoms with van der Waals surface area (Å²) in [7, 11) is 3.68. The standard InChI is InChI=1S/C24H30N4O5/c1-28(2)13-23(31)27-16-5-6-20-18(8-16)19-9-17(32-21(14-29)24(19)33-20)10-22(30)26-12-15-4-3-7-25-11-15/h3-8,11,17,19,21,24,29H,9-10,12-14H2,1-2H3,(H,26,30)(H,27,31)/t17-,19-,21-,24+/m1/s1. The number of carbonyl (C=O) groups excluding carboxylic acids is 2. The highest BCUT2D eigenvalue weighted by Crippen LogP contribution is 2.47. The number of likely N-dealkylation sites (N-methyl/N-ethyl adjacent to an activating group) is 1. The number of hydrogen-bond donors (Lipinski definition) is 3. The molecular weight excluding hydrogens is 424 g/mol. The van der Waals surface area contributed by atoms with Gasteiger partial charge in [-0.25, -0.2) is 0 Å². The van der Waals surface area contributed by atoms with Gasteiger partial charge < -0.3 is 30.1 Å². The number of benzene rings is 1. The molecule has 1 aromatic carbocycles. The van der Waals surface area contributed by atoms with Gasteiger partial charge in [0.1, 0.15) is 18.0 Å². The van der Waals surface area contributed by atoms with Gasteiger partial charge in [0.05, 0.1) is 25.7 Å². The Kier molecular flexibility index (Phi) is 7.22. The number of rotatable bonds is 8. The Bertz CT molecular complexity index is 984. The van der Waals surface area contributed by atoms with Crippen LogP contribution in [0, 0.1) is 0 Å². The van der Waals surface area contributed by atoms with Crippen LogP contribution in [0.3, 0.4) is 0 Å². The van der Waals surface area contributed by atoms with E-state index in [0.29, 0.717) is 18.7 Å². The van der Waals surface area contributed by atoms with Crippen LogP contribution in [0.4, 0.5) is 5.69 Å². The molecule has 0 saturated carbocycles. The van der Waals surface area contributed by atoms with Crippen molar-refractivity contribution >= 4 is 17.5 Å². The average Bonchev–Trinajstić information content (AvgIpc) is 3.15. The van der Waals surface area contributed by atoms with Crippen LogP contribution < -0.4 is 15.4 Å². The number of aliphatic hydroxyl groups is 1. The molecule has 4 rings (SSSR count). The third kappa shape index (κ3) is 5.68. The fraction of sp³-hybridized carbons (Fsp3) is 0.458. The highest BCUT2D eigenvalue weighted by Gasteiger charge is 2.46. The van der Waals surface area contributed by atoms with E-state index in [4.69, 9.17) is 9.47 Å². The molecule has 0 bridgehead atoms. The molecule has 4 atom stereocenters. The Morgan fingerprint density at radius 1 is 1.24 bits per heavy atom. The minimum Gasteiger partial charge on any atom is -0.487 e. The molecule has 0 spiro atoms. The minimum absolute atomic E-state index is 0.0345. The smallest absolute Gasteiger partial charge is 0.238 e.